The van der Waals surface area contributed by atoms with Crippen LogP contribution in [0.3, 0.4) is 0 Å². The molecule has 0 aliphatic carbocycles. The van der Waals surface area contributed by atoms with Gasteiger partial charge in [-0.2, -0.15) is 13.2 Å². The van der Waals surface area contributed by atoms with Crippen LogP contribution in [0.2, 0.25) is 5.02 Å². The van der Waals surface area contributed by atoms with Crippen molar-refractivity contribution in [1.82, 2.24) is 4.90 Å². The van der Waals surface area contributed by atoms with E-state index < -0.39 is 12.7 Å². The summed E-state index contributed by atoms with van der Waals surface area (Å²) in [6, 6.07) is 14.6. The molecule has 0 saturated heterocycles. The third-order valence-electron chi connectivity index (χ3n) is 3.53. The van der Waals surface area contributed by atoms with E-state index in [-0.39, 0.29) is 6.54 Å². The van der Waals surface area contributed by atoms with E-state index in [1.165, 1.54) is 4.90 Å². The quantitative estimate of drug-likeness (QED) is 0.742. The molecule has 0 atom stereocenters. The Kier molecular flexibility index (Phi) is 3.87. The number of benzene rings is 2. The van der Waals surface area contributed by atoms with Crippen LogP contribution in [0.15, 0.2) is 54.7 Å². The van der Waals surface area contributed by atoms with Crippen LogP contribution in [0.4, 0.5) is 13.2 Å². The Labute approximate surface area is 131 Å². The summed E-state index contributed by atoms with van der Waals surface area (Å²) >= 11 is 5.89. The van der Waals surface area contributed by atoms with Crippen molar-refractivity contribution in [2.24, 2.45) is 0 Å². The Morgan fingerprint density at radius 1 is 1.00 bits per heavy atom. The molecule has 0 amide bonds. The average molecular weight is 324 g/mol. The molecule has 114 valence electrons. The van der Waals surface area contributed by atoms with Crippen LogP contribution in [0.1, 0.15) is 16.7 Å². The smallest absolute Gasteiger partial charge is 0.364 e. The maximum absolute atomic E-state index is 12.7. The molecule has 0 saturated carbocycles. The van der Waals surface area contributed by atoms with Gasteiger partial charge in [0.05, 0.1) is 0 Å². The van der Waals surface area contributed by atoms with Gasteiger partial charge in [-0.1, -0.05) is 48.0 Å². The zero-order chi connectivity index (χ0) is 15.7. The van der Waals surface area contributed by atoms with E-state index in [1.807, 2.05) is 36.4 Å². The Bertz CT molecular complexity index is 705. The van der Waals surface area contributed by atoms with Crippen molar-refractivity contribution < 1.29 is 13.2 Å². The van der Waals surface area contributed by atoms with Crippen molar-refractivity contribution in [1.29, 1.82) is 0 Å². The Hall–Kier alpha value is -1.94. The number of alkyl halides is 3. The lowest BCUT2D eigenvalue weighted by Gasteiger charge is -2.29. The molecule has 0 N–H and O–H groups in total. The van der Waals surface area contributed by atoms with E-state index in [0.717, 1.165) is 22.3 Å². The van der Waals surface area contributed by atoms with E-state index in [9.17, 15) is 13.2 Å². The maximum Gasteiger partial charge on any atom is 0.405 e. The zero-order valence-corrected chi connectivity index (χ0v) is 12.3. The molecule has 0 bridgehead atoms. The number of hydrogen-bond donors (Lipinski definition) is 0. The Morgan fingerprint density at radius 2 is 1.68 bits per heavy atom. The second-order valence-electron chi connectivity index (χ2n) is 5.23. The Balaban J connectivity index is 2.04. The molecule has 0 aromatic heterocycles. The van der Waals surface area contributed by atoms with Crippen LogP contribution in [0, 0.1) is 0 Å². The molecule has 22 heavy (non-hydrogen) atoms. The first-order chi connectivity index (χ1) is 10.4. The van der Waals surface area contributed by atoms with Crippen LogP contribution in [-0.4, -0.2) is 17.6 Å². The monoisotopic (exact) mass is 323 g/mol. The fourth-order valence-electron chi connectivity index (χ4n) is 2.63. The highest BCUT2D eigenvalue weighted by molar-refractivity contribution is 6.30. The first-order valence-corrected chi connectivity index (χ1v) is 7.17. The summed E-state index contributed by atoms with van der Waals surface area (Å²) in [5.74, 6) is 0. The second-order valence-corrected chi connectivity index (χ2v) is 5.66. The van der Waals surface area contributed by atoms with Crippen molar-refractivity contribution >= 4 is 17.2 Å². The minimum absolute atomic E-state index is 0.257. The fraction of sp³-hybridized carbons (Fsp3) is 0.176. The van der Waals surface area contributed by atoms with Crippen molar-refractivity contribution in [2.75, 3.05) is 6.54 Å². The fourth-order valence-corrected chi connectivity index (χ4v) is 2.75. The van der Waals surface area contributed by atoms with Gasteiger partial charge in [0.25, 0.3) is 0 Å². The van der Waals surface area contributed by atoms with Gasteiger partial charge in [-0.3, -0.25) is 0 Å². The molecule has 3 rings (SSSR count). The van der Waals surface area contributed by atoms with Crippen LogP contribution in [-0.2, 0) is 6.54 Å². The molecule has 5 heteroatoms. The van der Waals surface area contributed by atoms with Crippen molar-refractivity contribution in [2.45, 2.75) is 12.7 Å². The van der Waals surface area contributed by atoms with E-state index in [1.54, 1.807) is 18.3 Å². The van der Waals surface area contributed by atoms with Gasteiger partial charge < -0.3 is 4.90 Å². The Morgan fingerprint density at radius 3 is 2.36 bits per heavy atom. The summed E-state index contributed by atoms with van der Waals surface area (Å²) in [6.07, 6.45) is -2.65. The molecule has 1 nitrogen and oxygen atoms in total. The van der Waals surface area contributed by atoms with Gasteiger partial charge in [-0.25, -0.2) is 0 Å². The molecular weight excluding hydrogens is 311 g/mol. The zero-order valence-electron chi connectivity index (χ0n) is 11.6. The molecule has 2 aromatic rings. The summed E-state index contributed by atoms with van der Waals surface area (Å²) in [5, 5.41) is 0.598. The predicted molar refractivity (Wildman–Crippen MR) is 81.4 cm³/mol. The lowest BCUT2D eigenvalue weighted by atomic mass is 9.92. The molecule has 0 fully saturated rings. The SMILES string of the molecule is FC(F)(F)CN1C=C(c2ccc(Cl)cc2)c2ccccc2C1. The van der Waals surface area contributed by atoms with Gasteiger partial charge >= 0.3 is 6.18 Å². The molecule has 0 unspecified atom stereocenters. The summed E-state index contributed by atoms with van der Waals surface area (Å²) in [4.78, 5) is 1.30. The third kappa shape index (κ3) is 3.28. The van der Waals surface area contributed by atoms with Gasteiger partial charge in [0.15, 0.2) is 0 Å². The number of rotatable bonds is 2. The standard InChI is InChI=1S/C17H13ClF3N/c18-14-7-5-12(6-8-14)16-10-22(11-17(19,20)21)9-13-3-1-2-4-15(13)16/h1-8,10H,9,11H2. The largest absolute Gasteiger partial charge is 0.405 e. The lowest BCUT2D eigenvalue weighted by molar-refractivity contribution is -0.141. The molecule has 0 radical (unpaired) electrons. The number of nitrogens with zero attached hydrogens (tertiary/aromatic N) is 1. The maximum atomic E-state index is 12.7. The first kappa shape index (κ1) is 15.0. The highest BCUT2D eigenvalue weighted by Crippen LogP contribution is 2.33. The van der Waals surface area contributed by atoms with Crippen LogP contribution < -0.4 is 0 Å². The van der Waals surface area contributed by atoms with E-state index in [0.29, 0.717) is 5.02 Å². The number of hydrogen-bond acceptors (Lipinski definition) is 1. The summed E-state index contributed by atoms with van der Waals surface area (Å²) in [5.41, 5.74) is 3.48. The van der Waals surface area contributed by atoms with Gasteiger partial charge in [0.2, 0.25) is 0 Å². The van der Waals surface area contributed by atoms with Crippen molar-refractivity contribution in [3.05, 3.63) is 76.4 Å². The van der Waals surface area contributed by atoms with E-state index in [2.05, 4.69) is 0 Å². The summed E-state index contributed by atoms with van der Waals surface area (Å²) in [6.45, 7) is -0.703. The first-order valence-electron chi connectivity index (χ1n) is 6.79. The molecule has 1 aliphatic rings. The van der Waals surface area contributed by atoms with Gasteiger partial charge in [0, 0.05) is 23.3 Å². The molecular formula is C17H13ClF3N. The number of fused-ring (bicyclic) bond motifs is 1. The predicted octanol–water partition coefficient (Wildman–Crippen LogP) is 5.11. The van der Waals surface area contributed by atoms with Crippen molar-refractivity contribution in [3.63, 3.8) is 0 Å². The summed E-state index contributed by atoms with van der Waals surface area (Å²) in [7, 11) is 0. The second kappa shape index (κ2) is 5.69. The van der Waals surface area contributed by atoms with Crippen LogP contribution >= 0.6 is 11.6 Å². The normalized spacial score (nSPS) is 14.5. The molecule has 2 aromatic carbocycles. The highest BCUT2D eigenvalue weighted by Gasteiger charge is 2.31. The van der Waals surface area contributed by atoms with Crippen LogP contribution in [0.5, 0.6) is 0 Å². The molecule has 1 heterocycles. The lowest BCUT2D eigenvalue weighted by Crippen LogP contribution is -2.32. The highest BCUT2D eigenvalue weighted by atomic mass is 35.5. The molecule has 0 spiro atoms. The van der Waals surface area contributed by atoms with E-state index >= 15 is 0 Å². The van der Waals surface area contributed by atoms with Gasteiger partial charge in [-0.05, 0) is 28.8 Å². The minimum Gasteiger partial charge on any atom is -0.364 e. The van der Waals surface area contributed by atoms with Gasteiger partial charge in [0.1, 0.15) is 6.54 Å². The number of halogens is 4. The average Bonchev–Trinajstić information content (AvgIpc) is 2.45. The van der Waals surface area contributed by atoms with Crippen LogP contribution in [0.25, 0.3) is 5.57 Å². The van der Waals surface area contributed by atoms with Gasteiger partial charge in [-0.15, -0.1) is 0 Å². The summed E-state index contributed by atoms with van der Waals surface area (Å²) < 4.78 is 38.1. The topological polar surface area (TPSA) is 3.24 Å². The molecule has 1 aliphatic heterocycles. The van der Waals surface area contributed by atoms with Crippen molar-refractivity contribution in [3.8, 4) is 0 Å². The minimum atomic E-state index is -4.23. The third-order valence-corrected chi connectivity index (χ3v) is 3.78. The van der Waals surface area contributed by atoms with E-state index in [4.69, 9.17) is 11.6 Å².